The Bertz CT molecular complexity index is 566. The fourth-order valence-corrected chi connectivity index (χ4v) is 2.86. The van der Waals surface area contributed by atoms with Crippen LogP contribution in [-0.2, 0) is 14.3 Å². The van der Waals surface area contributed by atoms with Gasteiger partial charge in [-0.25, -0.2) is 0 Å². The second-order valence-electron chi connectivity index (χ2n) is 7.51. The molecular weight excluding hydrogens is 304 g/mol. The molecule has 132 valence electrons. The monoisotopic (exact) mass is 332 g/mol. The molecule has 0 spiro atoms. The lowest BCUT2D eigenvalue weighted by atomic mass is 9.87. The van der Waals surface area contributed by atoms with Gasteiger partial charge in [-0.1, -0.05) is 51.1 Å². The number of carbonyl (C=O) groups excluding carboxylic acids is 2. The quantitative estimate of drug-likeness (QED) is 0.901. The summed E-state index contributed by atoms with van der Waals surface area (Å²) in [4.78, 5) is 25.3. The minimum atomic E-state index is -0.362. The second-order valence-corrected chi connectivity index (χ2v) is 7.51. The lowest BCUT2D eigenvalue weighted by Crippen LogP contribution is -2.51. The van der Waals surface area contributed by atoms with E-state index in [-0.39, 0.29) is 35.9 Å². The molecule has 0 bridgehead atoms. The largest absolute Gasteiger partial charge is 0.370 e. The van der Waals surface area contributed by atoms with Crippen molar-refractivity contribution < 1.29 is 14.3 Å². The maximum Gasteiger partial charge on any atom is 0.222 e. The van der Waals surface area contributed by atoms with Crippen molar-refractivity contribution in [1.82, 2.24) is 4.90 Å². The summed E-state index contributed by atoms with van der Waals surface area (Å²) in [6.07, 6.45) is 0.949. The topological polar surface area (TPSA) is 72.6 Å². The van der Waals surface area contributed by atoms with E-state index in [1.54, 1.807) is 0 Å². The van der Waals surface area contributed by atoms with E-state index in [1.807, 2.05) is 35.2 Å². The van der Waals surface area contributed by atoms with Crippen molar-refractivity contribution >= 4 is 11.8 Å². The van der Waals surface area contributed by atoms with E-state index in [4.69, 9.17) is 10.5 Å². The second kappa shape index (κ2) is 7.79. The summed E-state index contributed by atoms with van der Waals surface area (Å²) in [6, 6.07) is 10.0. The van der Waals surface area contributed by atoms with Gasteiger partial charge in [0.15, 0.2) is 0 Å². The van der Waals surface area contributed by atoms with Crippen molar-refractivity contribution in [2.45, 2.75) is 52.2 Å². The predicted octanol–water partition coefficient (Wildman–Crippen LogP) is 2.66. The highest BCUT2D eigenvalue weighted by Gasteiger charge is 2.37. The number of rotatable bonds is 5. The third-order valence-corrected chi connectivity index (χ3v) is 4.40. The van der Waals surface area contributed by atoms with Gasteiger partial charge in [0.1, 0.15) is 6.10 Å². The van der Waals surface area contributed by atoms with Crippen molar-refractivity contribution in [3.8, 4) is 0 Å². The van der Waals surface area contributed by atoms with E-state index in [1.165, 1.54) is 0 Å². The van der Waals surface area contributed by atoms with Crippen LogP contribution in [0.1, 0.15) is 51.7 Å². The molecule has 1 aliphatic rings. The number of hydrogen-bond acceptors (Lipinski definition) is 3. The van der Waals surface area contributed by atoms with E-state index < -0.39 is 0 Å². The van der Waals surface area contributed by atoms with Crippen LogP contribution in [0.4, 0.5) is 0 Å². The van der Waals surface area contributed by atoms with Crippen LogP contribution < -0.4 is 5.73 Å². The highest BCUT2D eigenvalue weighted by molar-refractivity contribution is 5.78. The Balaban J connectivity index is 2.09. The number of amides is 2. The van der Waals surface area contributed by atoms with Crippen LogP contribution in [0.2, 0.25) is 0 Å². The van der Waals surface area contributed by atoms with E-state index in [0.29, 0.717) is 25.9 Å². The van der Waals surface area contributed by atoms with E-state index in [2.05, 4.69) is 20.8 Å². The van der Waals surface area contributed by atoms with Gasteiger partial charge in [-0.15, -0.1) is 0 Å². The number of nitrogens with zero attached hydrogens (tertiary/aromatic N) is 1. The van der Waals surface area contributed by atoms with Crippen LogP contribution in [0.3, 0.4) is 0 Å². The smallest absolute Gasteiger partial charge is 0.222 e. The predicted molar refractivity (Wildman–Crippen MR) is 93.1 cm³/mol. The van der Waals surface area contributed by atoms with Gasteiger partial charge in [-0.05, 0) is 17.4 Å². The first-order valence-corrected chi connectivity index (χ1v) is 8.54. The molecule has 5 nitrogen and oxygen atoms in total. The van der Waals surface area contributed by atoms with Gasteiger partial charge in [0.05, 0.1) is 12.6 Å². The van der Waals surface area contributed by atoms with Crippen molar-refractivity contribution in [3.63, 3.8) is 0 Å². The van der Waals surface area contributed by atoms with Crippen molar-refractivity contribution in [2.24, 2.45) is 11.1 Å². The molecule has 1 heterocycles. The summed E-state index contributed by atoms with van der Waals surface area (Å²) in [5, 5.41) is 0. The molecule has 1 saturated heterocycles. The summed E-state index contributed by atoms with van der Waals surface area (Å²) in [5.41, 5.74) is 6.18. The van der Waals surface area contributed by atoms with E-state index in [9.17, 15) is 9.59 Å². The zero-order valence-corrected chi connectivity index (χ0v) is 14.8. The highest BCUT2D eigenvalue weighted by Crippen LogP contribution is 2.33. The maximum absolute atomic E-state index is 12.5. The Hall–Kier alpha value is -1.88. The van der Waals surface area contributed by atoms with Crippen LogP contribution in [0, 0.1) is 5.41 Å². The summed E-state index contributed by atoms with van der Waals surface area (Å²) < 4.78 is 6.29. The Morgan fingerprint density at radius 2 is 1.83 bits per heavy atom. The molecule has 2 amide bonds. The first-order chi connectivity index (χ1) is 11.3. The lowest BCUT2D eigenvalue weighted by molar-refractivity contribution is -0.157. The third-order valence-electron chi connectivity index (χ3n) is 4.40. The average molecular weight is 332 g/mol. The number of morpholine rings is 1. The normalized spacial score (nSPS) is 21.5. The van der Waals surface area contributed by atoms with Crippen LogP contribution in [0.15, 0.2) is 30.3 Å². The summed E-state index contributed by atoms with van der Waals surface area (Å²) in [7, 11) is 0. The van der Waals surface area contributed by atoms with E-state index >= 15 is 0 Å². The molecule has 0 aliphatic carbocycles. The molecule has 24 heavy (non-hydrogen) atoms. The maximum atomic E-state index is 12.5. The molecule has 0 radical (unpaired) electrons. The van der Waals surface area contributed by atoms with Gasteiger partial charge < -0.3 is 15.4 Å². The minimum absolute atomic E-state index is 0.0310. The molecule has 2 rings (SSSR count). The van der Waals surface area contributed by atoms with Gasteiger partial charge in [0.25, 0.3) is 0 Å². The Kier molecular flexibility index (Phi) is 5.99. The number of carbonyl (C=O) groups is 2. The van der Waals surface area contributed by atoms with Crippen LogP contribution in [0.25, 0.3) is 0 Å². The number of hydrogen-bond donors (Lipinski definition) is 1. The molecule has 0 unspecified atom stereocenters. The fourth-order valence-electron chi connectivity index (χ4n) is 2.86. The van der Waals surface area contributed by atoms with E-state index in [0.717, 1.165) is 5.56 Å². The van der Waals surface area contributed by atoms with Gasteiger partial charge in [0.2, 0.25) is 11.8 Å². The molecule has 1 aromatic carbocycles. The van der Waals surface area contributed by atoms with Crippen LogP contribution >= 0.6 is 0 Å². The van der Waals surface area contributed by atoms with Gasteiger partial charge >= 0.3 is 0 Å². The molecule has 1 fully saturated rings. The number of nitrogens with two attached hydrogens (primary N) is 1. The molecule has 0 aromatic heterocycles. The summed E-state index contributed by atoms with van der Waals surface area (Å²) >= 11 is 0. The Labute approximate surface area is 144 Å². The highest BCUT2D eigenvalue weighted by atomic mass is 16.5. The fraction of sp³-hybridized carbons (Fsp3) is 0.579. The third kappa shape index (κ3) is 5.06. The van der Waals surface area contributed by atoms with Crippen LogP contribution in [-0.4, -0.2) is 35.9 Å². The molecule has 1 aliphatic heterocycles. The zero-order valence-electron chi connectivity index (χ0n) is 14.8. The Morgan fingerprint density at radius 3 is 2.42 bits per heavy atom. The van der Waals surface area contributed by atoms with Crippen molar-refractivity contribution in [1.29, 1.82) is 0 Å². The molecule has 2 atom stereocenters. The molecule has 0 saturated carbocycles. The Morgan fingerprint density at radius 1 is 1.17 bits per heavy atom. The van der Waals surface area contributed by atoms with Crippen LogP contribution in [0.5, 0.6) is 0 Å². The first-order valence-electron chi connectivity index (χ1n) is 8.54. The summed E-state index contributed by atoms with van der Waals surface area (Å²) in [6.45, 7) is 7.51. The molecule has 5 heteroatoms. The number of ether oxygens (including phenoxy) is 1. The standard InChI is InChI=1S/C19H28N2O3/c1-19(2,3)16-13-21(18(23)11-7-10-17(20)22)12-15(24-16)14-8-5-4-6-9-14/h4-6,8-9,15-16H,7,10-13H2,1-3H3,(H2,20,22)/t15-,16+/m0/s1. The van der Waals surface area contributed by atoms with Gasteiger partial charge in [-0.2, -0.15) is 0 Å². The molecular formula is C19H28N2O3. The van der Waals surface area contributed by atoms with Gasteiger partial charge in [0, 0.05) is 19.4 Å². The van der Waals surface area contributed by atoms with Gasteiger partial charge in [-0.3, -0.25) is 9.59 Å². The zero-order chi connectivity index (χ0) is 17.7. The van der Waals surface area contributed by atoms with Crippen molar-refractivity contribution in [3.05, 3.63) is 35.9 Å². The lowest BCUT2D eigenvalue weighted by Gasteiger charge is -2.43. The molecule has 1 aromatic rings. The SMILES string of the molecule is CC(C)(C)[C@H]1CN(C(=O)CCCC(N)=O)C[C@@H](c2ccccc2)O1. The average Bonchev–Trinajstić information content (AvgIpc) is 2.54. The first kappa shape index (κ1) is 18.5. The number of primary amides is 1. The summed E-state index contributed by atoms with van der Waals surface area (Å²) in [5.74, 6) is -0.297. The minimum Gasteiger partial charge on any atom is -0.370 e. The molecule has 2 N–H and O–H groups in total. The van der Waals surface area contributed by atoms with Crippen molar-refractivity contribution in [2.75, 3.05) is 13.1 Å². The number of benzene rings is 1.